The molecule has 1 fully saturated rings. The highest BCUT2D eigenvalue weighted by Crippen LogP contribution is 2.39. The van der Waals surface area contributed by atoms with Crippen molar-refractivity contribution in [2.45, 2.75) is 11.6 Å². The van der Waals surface area contributed by atoms with Gasteiger partial charge >= 0.3 is 6.18 Å². The van der Waals surface area contributed by atoms with Gasteiger partial charge in [-0.25, -0.2) is 0 Å². The van der Waals surface area contributed by atoms with Crippen molar-refractivity contribution in [1.29, 1.82) is 0 Å². The van der Waals surface area contributed by atoms with Crippen LogP contribution >= 0.6 is 11.8 Å². The van der Waals surface area contributed by atoms with Crippen molar-refractivity contribution in [2.24, 2.45) is 0 Å². The van der Waals surface area contributed by atoms with Crippen molar-refractivity contribution >= 4 is 17.7 Å². The lowest BCUT2D eigenvalue weighted by atomic mass is 10.1. The zero-order valence-electron chi connectivity index (χ0n) is 11.7. The minimum atomic E-state index is -4.41. The van der Waals surface area contributed by atoms with E-state index in [1.165, 1.54) is 28.5 Å². The summed E-state index contributed by atoms with van der Waals surface area (Å²) < 4.78 is 40.7. The Bertz CT molecular complexity index is 711. The topological polar surface area (TPSA) is 25.2 Å². The number of nitrogens with zero attached hydrogens (tertiary/aromatic N) is 2. The van der Waals surface area contributed by atoms with E-state index in [0.717, 1.165) is 11.6 Å². The molecule has 3 rings (SSSR count). The van der Waals surface area contributed by atoms with E-state index in [-0.39, 0.29) is 17.0 Å². The van der Waals surface area contributed by atoms with Crippen LogP contribution in [0.3, 0.4) is 0 Å². The van der Waals surface area contributed by atoms with Gasteiger partial charge in [-0.15, -0.1) is 11.8 Å². The number of amides is 1. The monoisotopic (exact) mass is 326 g/mol. The normalized spacial score (nSPS) is 19.0. The van der Waals surface area contributed by atoms with Gasteiger partial charge in [0.05, 0.1) is 17.0 Å². The zero-order valence-corrected chi connectivity index (χ0v) is 12.5. The van der Waals surface area contributed by atoms with Crippen LogP contribution in [0.15, 0.2) is 42.7 Å². The summed E-state index contributed by atoms with van der Waals surface area (Å²) in [6.07, 6.45) is -1.16. The Balaban J connectivity index is 1.97. The van der Waals surface area contributed by atoms with Crippen LogP contribution in [0.5, 0.6) is 0 Å². The molecule has 1 amide bonds. The number of aromatic nitrogens is 1. The molecule has 2 aromatic rings. The molecular formula is C15H13F3N2OS. The highest BCUT2D eigenvalue weighted by molar-refractivity contribution is 8.00. The summed E-state index contributed by atoms with van der Waals surface area (Å²) in [6.45, 7) is 0. The Morgan fingerprint density at radius 3 is 2.59 bits per heavy atom. The second kappa shape index (κ2) is 5.39. The second-order valence-corrected chi connectivity index (χ2v) is 6.10. The molecule has 0 radical (unpaired) electrons. The first-order valence-corrected chi connectivity index (χ1v) is 7.64. The van der Waals surface area contributed by atoms with Crippen molar-refractivity contribution in [3.05, 3.63) is 53.9 Å². The molecule has 1 aliphatic rings. The predicted molar refractivity (Wildman–Crippen MR) is 78.7 cm³/mol. The number of alkyl halides is 3. The molecule has 0 spiro atoms. The van der Waals surface area contributed by atoms with Gasteiger partial charge in [-0.3, -0.25) is 4.79 Å². The smallest absolute Gasteiger partial charge is 0.329 e. The predicted octanol–water partition coefficient (Wildman–Crippen LogP) is 3.70. The standard InChI is InChI=1S/C15H13F3N2OS/c1-19-13(21)9-22-14(19)10-6-7-20(8-10)12-5-3-2-4-11(12)15(16,17)18/h2-8,14H,9H2,1H3. The number of carbonyl (C=O) groups is 1. The van der Waals surface area contributed by atoms with E-state index in [2.05, 4.69) is 0 Å². The van der Waals surface area contributed by atoms with Crippen LogP contribution in [-0.2, 0) is 11.0 Å². The van der Waals surface area contributed by atoms with Crippen LogP contribution in [0.2, 0.25) is 0 Å². The zero-order chi connectivity index (χ0) is 15.9. The fraction of sp³-hybridized carbons (Fsp3) is 0.267. The lowest BCUT2D eigenvalue weighted by Crippen LogP contribution is -2.22. The highest BCUT2D eigenvalue weighted by Gasteiger charge is 2.34. The molecule has 0 bridgehead atoms. The average molecular weight is 326 g/mol. The number of benzene rings is 1. The van der Waals surface area contributed by atoms with Crippen LogP contribution in [0.25, 0.3) is 5.69 Å². The molecule has 7 heteroatoms. The number of thioether (sulfide) groups is 1. The fourth-order valence-electron chi connectivity index (χ4n) is 2.46. The van der Waals surface area contributed by atoms with E-state index in [0.29, 0.717) is 5.75 Å². The van der Waals surface area contributed by atoms with Gasteiger partial charge < -0.3 is 9.47 Å². The fourth-order valence-corrected chi connectivity index (χ4v) is 3.64. The molecular weight excluding hydrogens is 313 g/mol. The molecule has 1 saturated heterocycles. The Labute approximate surface area is 129 Å². The summed E-state index contributed by atoms with van der Waals surface area (Å²) in [5, 5.41) is -0.146. The first-order chi connectivity index (χ1) is 10.4. The van der Waals surface area contributed by atoms with Gasteiger partial charge in [0.15, 0.2) is 0 Å². The lowest BCUT2D eigenvalue weighted by molar-refractivity contribution is -0.137. The maximum absolute atomic E-state index is 13.1. The maximum atomic E-state index is 13.1. The van der Waals surface area contributed by atoms with Crippen molar-refractivity contribution in [3.63, 3.8) is 0 Å². The molecule has 0 saturated carbocycles. The quantitative estimate of drug-likeness (QED) is 0.841. The number of rotatable bonds is 2. The Hall–Kier alpha value is -1.89. The highest BCUT2D eigenvalue weighted by atomic mass is 32.2. The number of carbonyl (C=O) groups excluding carboxylic acids is 1. The van der Waals surface area contributed by atoms with Gasteiger partial charge in [0.1, 0.15) is 5.37 Å². The molecule has 1 unspecified atom stereocenters. The van der Waals surface area contributed by atoms with Gasteiger partial charge in [-0.1, -0.05) is 12.1 Å². The number of halogens is 3. The van der Waals surface area contributed by atoms with Crippen LogP contribution in [0.4, 0.5) is 13.2 Å². The number of hydrogen-bond donors (Lipinski definition) is 0. The van der Waals surface area contributed by atoms with E-state index >= 15 is 0 Å². The average Bonchev–Trinajstić information content (AvgIpc) is 3.06. The molecule has 0 aliphatic carbocycles. The third-order valence-electron chi connectivity index (χ3n) is 3.60. The number of hydrogen-bond acceptors (Lipinski definition) is 2. The van der Waals surface area contributed by atoms with Crippen LogP contribution in [0.1, 0.15) is 16.5 Å². The van der Waals surface area contributed by atoms with Crippen molar-refractivity contribution in [2.75, 3.05) is 12.8 Å². The SMILES string of the molecule is CN1C(=O)CSC1c1ccn(-c2ccccc2C(F)(F)F)c1. The van der Waals surface area contributed by atoms with Crippen molar-refractivity contribution < 1.29 is 18.0 Å². The van der Waals surface area contributed by atoms with Crippen molar-refractivity contribution in [1.82, 2.24) is 9.47 Å². The Morgan fingerprint density at radius 2 is 1.95 bits per heavy atom. The second-order valence-electron chi connectivity index (χ2n) is 5.04. The van der Waals surface area contributed by atoms with E-state index < -0.39 is 11.7 Å². The van der Waals surface area contributed by atoms with E-state index in [1.54, 1.807) is 36.5 Å². The molecule has 2 heterocycles. The Morgan fingerprint density at radius 1 is 1.23 bits per heavy atom. The molecule has 116 valence electrons. The van der Waals surface area contributed by atoms with Gasteiger partial charge in [0, 0.05) is 25.0 Å². The molecule has 1 aromatic carbocycles. The molecule has 1 atom stereocenters. The molecule has 22 heavy (non-hydrogen) atoms. The first kappa shape index (κ1) is 15.0. The minimum Gasteiger partial charge on any atom is -0.329 e. The molecule has 1 aliphatic heterocycles. The Kier molecular flexibility index (Phi) is 3.68. The lowest BCUT2D eigenvalue weighted by Gasteiger charge is -2.17. The summed E-state index contributed by atoms with van der Waals surface area (Å²) in [7, 11) is 1.70. The third-order valence-corrected chi connectivity index (χ3v) is 4.92. The van der Waals surface area contributed by atoms with Gasteiger partial charge in [0.25, 0.3) is 0 Å². The summed E-state index contributed by atoms with van der Waals surface area (Å²) in [4.78, 5) is 13.2. The van der Waals surface area contributed by atoms with E-state index in [9.17, 15) is 18.0 Å². The molecule has 0 N–H and O–H groups in total. The summed E-state index contributed by atoms with van der Waals surface area (Å²) in [6, 6.07) is 7.19. The van der Waals surface area contributed by atoms with Gasteiger partial charge in [-0.05, 0) is 18.2 Å². The summed E-state index contributed by atoms with van der Waals surface area (Å²) in [5.41, 5.74) is 0.217. The summed E-state index contributed by atoms with van der Waals surface area (Å²) in [5.74, 6) is 0.421. The largest absolute Gasteiger partial charge is 0.418 e. The van der Waals surface area contributed by atoms with E-state index in [1.807, 2.05) is 0 Å². The van der Waals surface area contributed by atoms with Crippen LogP contribution < -0.4 is 0 Å². The summed E-state index contributed by atoms with van der Waals surface area (Å²) >= 11 is 1.47. The third kappa shape index (κ3) is 2.61. The van der Waals surface area contributed by atoms with Gasteiger partial charge in [0.2, 0.25) is 5.91 Å². The molecule has 3 nitrogen and oxygen atoms in total. The van der Waals surface area contributed by atoms with Gasteiger partial charge in [-0.2, -0.15) is 13.2 Å². The minimum absolute atomic E-state index is 0.0263. The molecule has 1 aromatic heterocycles. The van der Waals surface area contributed by atoms with Crippen LogP contribution in [-0.4, -0.2) is 28.2 Å². The van der Waals surface area contributed by atoms with E-state index in [4.69, 9.17) is 0 Å². The maximum Gasteiger partial charge on any atom is 0.418 e. The van der Waals surface area contributed by atoms with Crippen LogP contribution in [0, 0.1) is 0 Å². The first-order valence-electron chi connectivity index (χ1n) is 6.59. The van der Waals surface area contributed by atoms with Crippen molar-refractivity contribution in [3.8, 4) is 5.69 Å². The number of para-hydroxylation sites is 1.